The summed E-state index contributed by atoms with van der Waals surface area (Å²) in [4.78, 5) is 11.7. The zero-order chi connectivity index (χ0) is 19.6. The molecule has 27 heavy (non-hydrogen) atoms. The number of hydrogen-bond donors (Lipinski definition) is 1. The van der Waals surface area contributed by atoms with E-state index in [-0.39, 0.29) is 24.1 Å². The molecule has 2 aromatic heterocycles. The van der Waals surface area contributed by atoms with Crippen LogP contribution in [0.2, 0.25) is 5.02 Å². The number of alkyl halides is 3. The highest BCUT2D eigenvalue weighted by Crippen LogP contribution is 2.36. The van der Waals surface area contributed by atoms with Gasteiger partial charge in [0.1, 0.15) is 25.4 Å². The zero-order valence-corrected chi connectivity index (χ0v) is 14.0. The van der Waals surface area contributed by atoms with Crippen molar-refractivity contribution in [3.05, 3.63) is 58.6 Å². The Morgan fingerprint density at radius 3 is 2.44 bits per heavy atom. The summed E-state index contributed by atoms with van der Waals surface area (Å²) in [5.74, 6) is -0.677. The average Bonchev–Trinajstić information content (AvgIpc) is 3.11. The van der Waals surface area contributed by atoms with Gasteiger partial charge in [-0.05, 0) is 12.1 Å². The molecule has 12 heteroatoms. The zero-order valence-electron chi connectivity index (χ0n) is 13.3. The fraction of sp³-hybridized carbons (Fsp3) is 0.200. The predicted octanol–water partition coefficient (Wildman–Crippen LogP) is 2.94. The van der Waals surface area contributed by atoms with E-state index in [0.717, 1.165) is 0 Å². The van der Waals surface area contributed by atoms with Crippen LogP contribution in [0, 0.1) is 5.82 Å². The predicted molar refractivity (Wildman–Crippen MR) is 83.6 cm³/mol. The second-order valence-corrected chi connectivity index (χ2v) is 5.53. The van der Waals surface area contributed by atoms with Crippen LogP contribution in [0.15, 0.2) is 30.9 Å². The lowest BCUT2D eigenvalue weighted by molar-refractivity contribution is -0.138. The maximum atomic E-state index is 13.5. The highest BCUT2D eigenvalue weighted by molar-refractivity contribution is 6.31. The Morgan fingerprint density at radius 1 is 1.15 bits per heavy atom. The van der Waals surface area contributed by atoms with Crippen LogP contribution in [-0.2, 0) is 19.4 Å². The molecule has 142 valence electrons. The van der Waals surface area contributed by atoms with Gasteiger partial charge >= 0.3 is 6.18 Å². The SMILES string of the molecule is OCc1ncn(-c2ncc(OCc3c(C(F)(F)F)ccc(F)c3Cl)cn2)n1. The van der Waals surface area contributed by atoms with Gasteiger partial charge < -0.3 is 9.84 Å². The molecule has 1 N–H and O–H groups in total. The van der Waals surface area contributed by atoms with Gasteiger partial charge in [0.15, 0.2) is 11.6 Å². The second-order valence-electron chi connectivity index (χ2n) is 5.16. The maximum Gasteiger partial charge on any atom is 0.416 e. The molecule has 0 radical (unpaired) electrons. The normalized spacial score (nSPS) is 11.6. The summed E-state index contributed by atoms with van der Waals surface area (Å²) < 4.78 is 59.1. The van der Waals surface area contributed by atoms with E-state index in [2.05, 4.69) is 20.1 Å². The van der Waals surface area contributed by atoms with E-state index in [4.69, 9.17) is 21.4 Å². The quantitative estimate of drug-likeness (QED) is 0.659. The summed E-state index contributed by atoms with van der Waals surface area (Å²) in [5, 5.41) is 12.1. The Bertz CT molecular complexity index is 946. The van der Waals surface area contributed by atoms with Crippen molar-refractivity contribution in [2.45, 2.75) is 19.4 Å². The van der Waals surface area contributed by atoms with Gasteiger partial charge in [-0.2, -0.15) is 17.9 Å². The van der Waals surface area contributed by atoms with Crippen molar-refractivity contribution in [3.63, 3.8) is 0 Å². The molecule has 0 fully saturated rings. The Balaban J connectivity index is 1.78. The number of aliphatic hydroxyl groups is 1. The number of ether oxygens (including phenoxy) is 1. The fourth-order valence-electron chi connectivity index (χ4n) is 2.12. The van der Waals surface area contributed by atoms with Crippen molar-refractivity contribution >= 4 is 11.6 Å². The van der Waals surface area contributed by atoms with Gasteiger partial charge in [-0.3, -0.25) is 0 Å². The third-order valence-corrected chi connectivity index (χ3v) is 3.79. The van der Waals surface area contributed by atoms with Gasteiger partial charge in [0, 0.05) is 5.56 Å². The van der Waals surface area contributed by atoms with Crippen LogP contribution in [0.4, 0.5) is 17.6 Å². The molecule has 0 saturated carbocycles. The Hall–Kier alpha value is -2.79. The number of aliphatic hydroxyl groups excluding tert-OH is 1. The molecular weight excluding hydrogens is 394 g/mol. The molecule has 1 aromatic carbocycles. The lowest BCUT2D eigenvalue weighted by Gasteiger charge is -2.15. The van der Waals surface area contributed by atoms with E-state index in [1.807, 2.05) is 0 Å². The molecule has 0 unspecified atom stereocenters. The summed E-state index contributed by atoms with van der Waals surface area (Å²) in [5.41, 5.74) is -1.62. The molecule has 3 aromatic rings. The largest absolute Gasteiger partial charge is 0.486 e. The number of nitrogens with zero attached hydrogens (tertiary/aromatic N) is 5. The number of aromatic nitrogens is 5. The van der Waals surface area contributed by atoms with Crippen LogP contribution < -0.4 is 4.74 Å². The molecule has 3 rings (SSSR count). The number of rotatable bonds is 5. The molecule has 0 amide bonds. The fourth-order valence-corrected chi connectivity index (χ4v) is 2.34. The maximum absolute atomic E-state index is 13.5. The minimum absolute atomic E-state index is 0.0368. The van der Waals surface area contributed by atoms with Crippen molar-refractivity contribution in [2.75, 3.05) is 0 Å². The molecule has 0 bridgehead atoms. The second kappa shape index (κ2) is 7.45. The summed E-state index contributed by atoms with van der Waals surface area (Å²) in [7, 11) is 0. The minimum Gasteiger partial charge on any atom is -0.486 e. The molecule has 0 aliphatic heterocycles. The molecule has 0 atom stereocenters. The molecule has 0 saturated heterocycles. The third kappa shape index (κ3) is 4.14. The van der Waals surface area contributed by atoms with Gasteiger partial charge in [0.2, 0.25) is 0 Å². The van der Waals surface area contributed by atoms with E-state index >= 15 is 0 Å². The first-order valence-corrected chi connectivity index (χ1v) is 7.68. The minimum atomic E-state index is -4.71. The molecular formula is C15H10ClF4N5O2. The lowest BCUT2D eigenvalue weighted by Crippen LogP contribution is -2.12. The monoisotopic (exact) mass is 403 g/mol. The number of hydrogen-bond acceptors (Lipinski definition) is 6. The summed E-state index contributed by atoms with van der Waals surface area (Å²) in [6, 6.07) is 1.24. The Labute approximate surface area is 154 Å². The lowest BCUT2D eigenvalue weighted by atomic mass is 10.1. The van der Waals surface area contributed by atoms with Gasteiger partial charge in [-0.25, -0.2) is 19.3 Å². The molecule has 0 spiro atoms. The summed E-state index contributed by atoms with van der Waals surface area (Å²) in [6.07, 6.45) is -1.04. The number of halogens is 5. The standard InChI is InChI=1S/C15H10ClF4N5O2/c16-13-9(10(15(18,19)20)1-2-11(13)17)6-27-8-3-21-14(22-4-8)25-7-23-12(5-26)24-25/h1-4,7,26H,5-6H2. The van der Waals surface area contributed by atoms with E-state index in [9.17, 15) is 17.6 Å². The van der Waals surface area contributed by atoms with Crippen molar-refractivity contribution < 1.29 is 27.4 Å². The topological polar surface area (TPSA) is 86.0 Å². The van der Waals surface area contributed by atoms with Crippen LogP contribution in [0.25, 0.3) is 5.95 Å². The smallest absolute Gasteiger partial charge is 0.416 e. The van der Waals surface area contributed by atoms with E-state index < -0.39 is 34.7 Å². The Kier molecular flexibility index (Phi) is 5.24. The van der Waals surface area contributed by atoms with Crippen molar-refractivity contribution in [1.82, 2.24) is 24.7 Å². The van der Waals surface area contributed by atoms with Crippen LogP contribution in [0.5, 0.6) is 5.75 Å². The molecule has 7 nitrogen and oxygen atoms in total. The van der Waals surface area contributed by atoms with Crippen molar-refractivity contribution in [3.8, 4) is 11.7 Å². The van der Waals surface area contributed by atoms with Crippen LogP contribution >= 0.6 is 11.6 Å². The summed E-state index contributed by atoms with van der Waals surface area (Å²) >= 11 is 5.67. The van der Waals surface area contributed by atoms with Crippen molar-refractivity contribution in [2.24, 2.45) is 0 Å². The van der Waals surface area contributed by atoms with Crippen LogP contribution in [0.3, 0.4) is 0 Å². The first-order chi connectivity index (χ1) is 12.8. The van der Waals surface area contributed by atoms with Gasteiger partial charge in [-0.1, -0.05) is 11.6 Å². The van der Waals surface area contributed by atoms with Crippen LogP contribution in [0.1, 0.15) is 17.0 Å². The number of benzene rings is 1. The van der Waals surface area contributed by atoms with Crippen molar-refractivity contribution in [1.29, 1.82) is 0 Å². The van der Waals surface area contributed by atoms with Crippen LogP contribution in [-0.4, -0.2) is 29.8 Å². The molecule has 0 aliphatic rings. The van der Waals surface area contributed by atoms with E-state index in [0.29, 0.717) is 12.1 Å². The highest BCUT2D eigenvalue weighted by atomic mass is 35.5. The average molecular weight is 404 g/mol. The first kappa shape index (κ1) is 19.0. The Morgan fingerprint density at radius 2 is 1.85 bits per heavy atom. The summed E-state index contributed by atoms with van der Waals surface area (Å²) in [6.45, 7) is -0.990. The van der Waals surface area contributed by atoms with Gasteiger partial charge in [-0.15, -0.1) is 5.10 Å². The molecule has 0 aliphatic carbocycles. The molecule has 2 heterocycles. The first-order valence-electron chi connectivity index (χ1n) is 7.30. The van der Waals surface area contributed by atoms with E-state index in [1.54, 1.807) is 0 Å². The highest BCUT2D eigenvalue weighted by Gasteiger charge is 2.35. The third-order valence-electron chi connectivity index (χ3n) is 3.38. The van der Waals surface area contributed by atoms with Gasteiger partial charge in [0.25, 0.3) is 5.95 Å². The van der Waals surface area contributed by atoms with E-state index in [1.165, 1.54) is 23.4 Å². The van der Waals surface area contributed by atoms with Gasteiger partial charge in [0.05, 0.1) is 23.0 Å².